The van der Waals surface area contributed by atoms with Gasteiger partial charge in [-0.05, 0) is 57.6 Å². The first kappa shape index (κ1) is 29.2. The molecule has 1 aliphatic carbocycles. The molecule has 0 aliphatic heterocycles. The minimum atomic E-state index is -4.62. The molecule has 0 bridgehead atoms. The van der Waals surface area contributed by atoms with Gasteiger partial charge in [0.05, 0.1) is 21.5 Å². The largest absolute Gasteiger partial charge is 0.408 e. The van der Waals surface area contributed by atoms with E-state index in [0.29, 0.717) is 25.7 Å². The monoisotopic (exact) mass is 570 g/mol. The molecule has 0 unspecified atom stereocenters. The van der Waals surface area contributed by atoms with Crippen LogP contribution in [-0.4, -0.2) is 54.4 Å². The third-order valence-electron chi connectivity index (χ3n) is 6.51. The average Bonchev–Trinajstić information content (AvgIpc) is 3.12. The maximum Gasteiger partial charge on any atom is 0.408 e. The number of nitrogens with zero attached hydrogens (tertiary/aromatic N) is 2. The molecule has 14 heteroatoms. The van der Waals surface area contributed by atoms with Crippen LogP contribution in [0.15, 0.2) is 12.1 Å². The highest BCUT2D eigenvalue weighted by Gasteiger charge is 2.36. The van der Waals surface area contributed by atoms with Gasteiger partial charge in [0.25, 0.3) is 5.91 Å². The number of halogens is 6. The fourth-order valence-electron chi connectivity index (χ4n) is 4.35. The summed E-state index contributed by atoms with van der Waals surface area (Å²) in [5.74, 6) is -2.96. The van der Waals surface area contributed by atoms with Crippen LogP contribution in [0.5, 0.6) is 0 Å². The lowest BCUT2D eigenvalue weighted by Crippen LogP contribution is -2.34. The molecule has 0 radical (unpaired) electrons. The van der Waals surface area contributed by atoms with E-state index in [2.05, 4.69) is 10.4 Å². The number of hydrogen-bond acceptors (Lipinski definition) is 5. The van der Waals surface area contributed by atoms with E-state index < -0.39 is 50.8 Å². The van der Waals surface area contributed by atoms with Crippen LogP contribution in [0.1, 0.15) is 50.0 Å². The molecule has 2 aromatic rings. The molecule has 1 aliphatic rings. The zero-order valence-corrected chi connectivity index (χ0v) is 22.0. The summed E-state index contributed by atoms with van der Waals surface area (Å²) in [5.41, 5.74) is -1.50. The molecule has 0 spiro atoms. The second kappa shape index (κ2) is 11.1. The first-order valence-electron chi connectivity index (χ1n) is 11.7. The Morgan fingerprint density at radius 3 is 2.24 bits per heavy atom. The smallest absolute Gasteiger partial charge is 0.374 e. The van der Waals surface area contributed by atoms with Gasteiger partial charge in [-0.2, -0.15) is 18.3 Å². The average molecular weight is 571 g/mol. The number of alkyl halides is 3. The Balaban J connectivity index is 1.79. The second-order valence-corrected chi connectivity index (χ2v) is 11.9. The molecule has 1 heterocycles. The number of carbonyl (C=O) groups excluding carboxylic acids is 1. The molecule has 7 nitrogen and oxygen atoms in total. The van der Waals surface area contributed by atoms with E-state index in [1.165, 1.54) is 6.26 Å². The minimum absolute atomic E-state index is 0.0579. The molecule has 1 saturated carbocycles. The predicted octanol–water partition coefficient (Wildman–Crippen LogP) is 5.20. The Hall–Kier alpha value is -2.41. The van der Waals surface area contributed by atoms with Gasteiger partial charge in [0.1, 0.15) is 27.5 Å². The van der Waals surface area contributed by atoms with Gasteiger partial charge in [0.2, 0.25) is 0 Å². The molecule has 1 atom stereocenters. The summed E-state index contributed by atoms with van der Waals surface area (Å²) in [7, 11) is -3.12. The topological polar surface area (TPSA) is 93.1 Å². The third kappa shape index (κ3) is 6.73. The van der Waals surface area contributed by atoms with E-state index in [-0.39, 0.29) is 40.7 Å². The second-order valence-electron chi connectivity index (χ2n) is 9.23. The standard InChI is InChI=1S/C23H28ClF5N4O3S/c1-4-33-21(18-16(25)9-14(10-17(18)26)31-12(2)23(27,28)29)19(24)20(32-33)22(34)30-11-13-5-7-15(8-6-13)37(3,35)36/h9-10,12-13,15,31H,4-8,11H2,1-3H3,(H,30,34)/t12-,13?,15?/m1/s1. The number of rotatable bonds is 8. The van der Waals surface area contributed by atoms with Crippen molar-refractivity contribution in [1.29, 1.82) is 0 Å². The van der Waals surface area contributed by atoms with Gasteiger partial charge in [-0.3, -0.25) is 9.48 Å². The Morgan fingerprint density at radius 1 is 1.19 bits per heavy atom. The number of aryl methyl sites for hydroxylation is 1. The van der Waals surface area contributed by atoms with Gasteiger partial charge >= 0.3 is 6.18 Å². The van der Waals surface area contributed by atoms with E-state index in [9.17, 15) is 35.2 Å². The summed E-state index contributed by atoms with van der Waals surface area (Å²) in [5, 5.41) is 8.11. The molecule has 2 N–H and O–H groups in total. The van der Waals surface area contributed by atoms with E-state index in [1.807, 2.05) is 5.32 Å². The van der Waals surface area contributed by atoms with Crippen molar-refractivity contribution in [2.24, 2.45) is 5.92 Å². The van der Waals surface area contributed by atoms with Crippen molar-refractivity contribution < 1.29 is 35.2 Å². The van der Waals surface area contributed by atoms with E-state index in [0.717, 1.165) is 23.7 Å². The number of benzene rings is 1. The van der Waals surface area contributed by atoms with Crippen LogP contribution in [-0.2, 0) is 16.4 Å². The summed E-state index contributed by atoms with van der Waals surface area (Å²) in [6.07, 6.45) is -1.18. The zero-order valence-electron chi connectivity index (χ0n) is 20.4. The Kier molecular flexibility index (Phi) is 8.78. The summed E-state index contributed by atoms with van der Waals surface area (Å²) in [6.45, 7) is 2.78. The Labute approximate surface area is 216 Å². The summed E-state index contributed by atoms with van der Waals surface area (Å²) >= 11 is 6.35. The van der Waals surface area contributed by atoms with Crippen LogP contribution in [0.2, 0.25) is 5.02 Å². The van der Waals surface area contributed by atoms with Gasteiger partial charge in [0, 0.05) is 25.0 Å². The van der Waals surface area contributed by atoms with E-state index >= 15 is 0 Å². The van der Waals surface area contributed by atoms with Crippen molar-refractivity contribution in [2.45, 2.75) is 63.5 Å². The molecule has 206 valence electrons. The summed E-state index contributed by atoms with van der Waals surface area (Å²) in [6, 6.07) is -0.605. The fourth-order valence-corrected chi connectivity index (χ4v) is 5.80. The highest BCUT2D eigenvalue weighted by Crippen LogP contribution is 2.37. The first-order chi connectivity index (χ1) is 17.1. The Bertz CT molecular complexity index is 1230. The molecule has 0 saturated heterocycles. The van der Waals surface area contributed by atoms with Crippen LogP contribution >= 0.6 is 11.6 Å². The molecular formula is C23H28ClF5N4O3S. The SMILES string of the molecule is CCn1nc(C(=O)NCC2CCC(S(C)(=O)=O)CC2)c(Cl)c1-c1c(F)cc(N[C@H](C)C(F)(F)F)cc1F. The first-order valence-corrected chi connectivity index (χ1v) is 14.0. The number of aromatic nitrogens is 2. The van der Waals surface area contributed by atoms with Crippen LogP contribution in [0.4, 0.5) is 27.6 Å². The molecule has 1 amide bonds. The maximum atomic E-state index is 15.0. The van der Waals surface area contributed by atoms with E-state index in [4.69, 9.17) is 11.6 Å². The van der Waals surface area contributed by atoms with E-state index in [1.54, 1.807) is 6.92 Å². The molecule has 3 rings (SSSR count). The predicted molar refractivity (Wildman–Crippen MR) is 130 cm³/mol. The Morgan fingerprint density at radius 2 is 1.76 bits per heavy atom. The quantitative estimate of drug-likeness (QED) is 0.426. The van der Waals surface area contributed by atoms with Gasteiger partial charge in [0.15, 0.2) is 5.69 Å². The van der Waals surface area contributed by atoms with Crippen molar-refractivity contribution in [3.05, 3.63) is 34.5 Å². The molecule has 1 fully saturated rings. The van der Waals surface area contributed by atoms with Crippen molar-refractivity contribution in [1.82, 2.24) is 15.1 Å². The lowest BCUT2D eigenvalue weighted by atomic mass is 9.89. The van der Waals surface area contributed by atoms with Crippen molar-refractivity contribution >= 4 is 33.0 Å². The summed E-state index contributed by atoms with van der Waals surface area (Å²) < 4.78 is 92.9. The zero-order chi connectivity index (χ0) is 27.7. The maximum absolute atomic E-state index is 15.0. The van der Waals surface area contributed by atoms with Crippen LogP contribution in [0.3, 0.4) is 0 Å². The molecule has 1 aromatic carbocycles. The lowest BCUT2D eigenvalue weighted by molar-refractivity contribution is -0.138. The van der Waals surface area contributed by atoms with Crippen molar-refractivity contribution in [3.63, 3.8) is 0 Å². The number of sulfone groups is 1. The van der Waals surface area contributed by atoms with Gasteiger partial charge in [-0.1, -0.05) is 11.6 Å². The minimum Gasteiger partial charge on any atom is -0.374 e. The number of nitrogens with one attached hydrogen (secondary N) is 2. The molecule has 1 aromatic heterocycles. The number of anilines is 1. The number of carbonyl (C=O) groups is 1. The van der Waals surface area contributed by atoms with Crippen LogP contribution < -0.4 is 10.6 Å². The highest BCUT2D eigenvalue weighted by molar-refractivity contribution is 7.91. The number of hydrogen-bond donors (Lipinski definition) is 2. The van der Waals surface area contributed by atoms with Gasteiger partial charge in [-0.25, -0.2) is 17.2 Å². The van der Waals surface area contributed by atoms with Crippen LogP contribution in [0, 0.1) is 17.6 Å². The third-order valence-corrected chi connectivity index (χ3v) is 8.55. The highest BCUT2D eigenvalue weighted by atomic mass is 35.5. The summed E-state index contributed by atoms with van der Waals surface area (Å²) in [4.78, 5) is 12.8. The van der Waals surface area contributed by atoms with Crippen molar-refractivity contribution in [2.75, 3.05) is 18.1 Å². The van der Waals surface area contributed by atoms with Gasteiger partial charge < -0.3 is 10.6 Å². The lowest BCUT2D eigenvalue weighted by Gasteiger charge is -2.27. The van der Waals surface area contributed by atoms with Gasteiger partial charge in [-0.15, -0.1) is 0 Å². The normalized spacial score (nSPS) is 19.5. The number of amides is 1. The fraction of sp³-hybridized carbons (Fsp3) is 0.565. The van der Waals surface area contributed by atoms with Crippen LogP contribution in [0.25, 0.3) is 11.3 Å². The molecule has 37 heavy (non-hydrogen) atoms. The molecular weight excluding hydrogens is 543 g/mol. The van der Waals surface area contributed by atoms with Crippen molar-refractivity contribution in [3.8, 4) is 11.3 Å².